The molecule has 0 saturated heterocycles. The molecule has 244 valence electrons. The topological polar surface area (TPSA) is 216 Å². The molecule has 0 radical (unpaired) electrons. The number of phenolic OH excluding ortho intramolecular Hbond substituents is 1. The van der Waals surface area contributed by atoms with Crippen molar-refractivity contribution in [1.29, 1.82) is 0 Å². The highest BCUT2D eigenvalue weighted by Crippen LogP contribution is 2.35. The van der Waals surface area contributed by atoms with Gasteiger partial charge in [0.25, 0.3) is 11.5 Å². The summed E-state index contributed by atoms with van der Waals surface area (Å²) in [4.78, 5) is 58.5. The number of carbonyl (C=O) groups is 3. The van der Waals surface area contributed by atoms with E-state index >= 15 is 0 Å². The lowest BCUT2D eigenvalue weighted by Gasteiger charge is -2.17. The Kier molecular flexibility index (Phi) is 10.5. The minimum Gasteiger partial charge on any atom is -0.503 e. The van der Waals surface area contributed by atoms with Crippen molar-refractivity contribution in [3.63, 3.8) is 0 Å². The van der Waals surface area contributed by atoms with Crippen molar-refractivity contribution in [2.75, 3.05) is 16.8 Å². The fraction of sp³-hybridized carbons (Fsp3) is 0.188. The standard InChI is InChI=1S/C32H33FN8O6/c1-17(2)40-29-31(45)41(16-26(42)37-14-19-6-9-25(28(43)27(19)35)47-32(46)36-3)24(15-38-29)20-10-21(12-23(34)11-20)30(44)39-13-18-4-7-22(33)8-5-18/h4-12,15,17,43H,3,13-14,16,34-35H2,1-2H3,(H,37,42)(H,38,40)(H,39,44). The predicted octanol–water partition coefficient (Wildman–Crippen LogP) is 3.19. The first kappa shape index (κ1) is 33.6. The van der Waals surface area contributed by atoms with E-state index in [2.05, 4.69) is 32.6 Å². The molecular weight excluding hydrogens is 611 g/mol. The van der Waals surface area contributed by atoms with Crippen molar-refractivity contribution < 1.29 is 28.6 Å². The van der Waals surface area contributed by atoms with Gasteiger partial charge in [-0.2, -0.15) is 4.99 Å². The van der Waals surface area contributed by atoms with E-state index < -0.39 is 41.6 Å². The molecule has 3 aromatic carbocycles. The second-order valence-corrected chi connectivity index (χ2v) is 10.6. The molecule has 15 heteroatoms. The van der Waals surface area contributed by atoms with E-state index in [-0.39, 0.29) is 53.3 Å². The van der Waals surface area contributed by atoms with Crippen molar-refractivity contribution in [3.8, 4) is 22.8 Å². The van der Waals surface area contributed by atoms with E-state index in [1.54, 1.807) is 12.1 Å². The molecule has 0 unspecified atom stereocenters. The third-order valence-corrected chi connectivity index (χ3v) is 6.73. The summed E-state index contributed by atoms with van der Waals surface area (Å²) >= 11 is 0. The van der Waals surface area contributed by atoms with E-state index in [0.717, 1.165) is 0 Å². The second-order valence-electron chi connectivity index (χ2n) is 10.6. The molecule has 4 aromatic rings. The number of aromatic nitrogens is 2. The molecule has 0 aliphatic rings. The van der Waals surface area contributed by atoms with Gasteiger partial charge in [0.05, 0.1) is 17.6 Å². The summed E-state index contributed by atoms with van der Waals surface area (Å²) < 4.78 is 19.3. The molecule has 1 heterocycles. The number of hydrogen-bond donors (Lipinski definition) is 6. The molecule has 1 aromatic heterocycles. The summed E-state index contributed by atoms with van der Waals surface area (Å²) in [7, 11) is 0. The van der Waals surface area contributed by atoms with Crippen LogP contribution in [-0.2, 0) is 24.4 Å². The van der Waals surface area contributed by atoms with Gasteiger partial charge in [-0.05, 0) is 68.1 Å². The molecule has 8 N–H and O–H groups in total. The average Bonchev–Trinajstić information content (AvgIpc) is 3.03. The molecule has 14 nitrogen and oxygen atoms in total. The van der Waals surface area contributed by atoms with E-state index in [1.165, 1.54) is 53.2 Å². The first-order chi connectivity index (χ1) is 22.4. The van der Waals surface area contributed by atoms with Gasteiger partial charge < -0.3 is 37.3 Å². The van der Waals surface area contributed by atoms with Gasteiger partial charge in [0.15, 0.2) is 17.3 Å². The van der Waals surface area contributed by atoms with Crippen LogP contribution >= 0.6 is 0 Å². The van der Waals surface area contributed by atoms with E-state index in [1.807, 2.05) is 13.8 Å². The number of benzene rings is 3. The van der Waals surface area contributed by atoms with Gasteiger partial charge in [-0.15, -0.1) is 0 Å². The van der Waals surface area contributed by atoms with Gasteiger partial charge in [0.1, 0.15) is 12.4 Å². The number of ether oxygens (including phenoxy) is 1. The number of nitrogens with zero attached hydrogens (tertiary/aromatic N) is 3. The Bertz CT molecular complexity index is 1890. The maximum absolute atomic E-state index is 13.6. The van der Waals surface area contributed by atoms with Gasteiger partial charge in [0.2, 0.25) is 5.91 Å². The maximum atomic E-state index is 13.6. The lowest BCUT2D eigenvalue weighted by Crippen LogP contribution is -2.35. The maximum Gasteiger partial charge on any atom is 0.438 e. The first-order valence-corrected chi connectivity index (χ1v) is 14.2. The van der Waals surface area contributed by atoms with Crippen LogP contribution in [0.4, 0.5) is 26.4 Å². The number of nitrogen functional groups attached to an aromatic ring is 2. The Morgan fingerprint density at radius 2 is 1.79 bits per heavy atom. The van der Waals surface area contributed by atoms with Crippen LogP contribution in [0, 0.1) is 5.82 Å². The van der Waals surface area contributed by atoms with Crippen molar-refractivity contribution >= 4 is 41.8 Å². The number of anilines is 3. The summed E-state index contributed by atoms with van der Waals surface area (Å²) in [5, 5.41) is 18.7. The minimum absolute atomic E-state index is 0.00559. The fourth-order valence-corrected chi connectivity index (χ4v) is 4.45. The largest absolute Gasteiger partial charge is 0.503 e. The summed E-state index contributed by atoms with van der Waals surface area (Å²) in [5.74, 6) is -2.22. The zero-order chi connectivity index (χ0) is 34.2. The number of aliphatic imine (C=N–C) groups is 1. The van der Waals surface area contributed by atoms with Gasteiger partial charge in [-0.3, -0.25) is 19.0 Å². The van der Waals surface area contributed by atoms with Crippen LogP contribution in [0.5, 0.6) is 11.5 Å². The Balaban J connectivity index is 1.59. The summed E-state index contributed by atoms with van der Waals surface area (Å²) in [6, 6.07) is 12.7. The number of amides is 3. The third-order valence-electron chi connectivity index (χ3n) is 6.73. The van der Waals surface area contributed by atoms with Crippen molar-refractivity contribution in [3.05, 3.63) is 93.7 Å². The fourth-order valence-electron chi connectivity index (χ4n) is 4.45. The lowest BCUT2D eigenvalue weighted by atomic mass is 10.1. The number of aromatic hydroxyl groups is 1. The molecule has 0 aliphatic heterocycles. The summed E-state index contributed by atoms with van der Waals surface area (Å²) in [6.07, 6.45) is 0.353. The molecular formula is C32H33FN8O6. The highest BCUT2D eigenvalue weighted by molar-refractivity contribution is 5.96. The molecule has 0 saturated carbocycles. The molecule has 4 rings (SSSR count). The molecule has 0 fully saturated rings. The lowest BCUT2D eigenvalue weighted by molar-refractivity contribution is -0.121. The molecule has 3 amide bonds. The first-order valence-electron chi connectivity index (χ1n) is 14.2. The van der Waals surface area contributed by atoms with E-state index in [4.69, 9.17) is 16.2 Å². The summed E-state index contributed by atoms with van der Waals surface area (Å²) in [6.45, 7) is 6.21. The van der Waals surface area contributed by atoms with Crippen molar-refractivity contribution in [2.24, 2.45) is 4.99 Å². The highest BCUT2D eigenvalue weighted by atomic mass is 19.1. The predicted molar refractivity (Wildman–Crippen MR) is 175 cm³/mol. The molecule has 0 atom stereocenters. The average molecular weight is 645 g/mol. The number of rotatable bonds is 11. The molecule has 0 spiro atoms. The molecule has 0 aliphatic carbocycles. The minimum atomic E-state index is -1.04. The van der Waals surface area contributed by atoms with Crippen molar-refractivity contribution in [1.82, 2.24) is 20.2 Å². The van der Waals surface area contributed by atoms with Crippen LogP contribution in [0.1, 0.15) is 35.3 Å². The van der Waals surface area contributed by atoms with Crippen LogP contribution in [0.2, 0.25) is 0 Å². The Hall–Kier alpha value is -6.25. The van der Waals surface area contributed by atoms with Crippen LogP contribution < -0.4 is 37.7 Å². The SMILES string of the molecule is C=NC(=O)Oc1ccc(CNC(=O)Cn2c(-c3cc(N)cc(C(=O)NCc4ccc(F)cc4)c3)cnc(NC(C)C)c2=O)c(N)c1O. The second kappa shape index (κ2) is 14.7. The monoisotopic (exact) mass is 644 g/mol. The Morgan fingerprint density at radius 3 is 2.47 bits per heavy atom. The number of halogens is 1. The number of phenols is 1. The quantitative estimate of drug-likeness (QED) is 0.0796. The zero-order valence-electron chi connectivity index (χ0n) is 25.5. The van der Waals surface area contributed by atoms with Gasteiger partial charge in [0, 0.05) is 35.9 Å². The van der Waals surface area contributed by atoms with Gasteiger partial charge in [-0.1, -0.05) is 18.2 Å². The van der Waals surface area contributed by atoms with Crippen molar-refractivity contribution in [2.45, 2.75) is 39.5 Å². The van der Waals surface area contributed by atoms with Crippen LogP contribution in [0.15, 0.2) is 70.6 Å². The zero-order valence-corrected chi connectivity index (χ0v) is 25.5. The van der Waals surface area contributed by atoms with Crippen LogP contribution in [0.25, 0.3) is 11.3 Å². The van der Waals surface area contributed by atoms with Crippen LogP contribution in [0.3, 0.4) is 0 Å². The van der Waals surface area contributed by atoms with E-state index in [0.29, 0.717) is 16.7 Å². The van der Waals surface area contributed by atoms with E-state index in [9.17, 15) is 28.7 Å². The van der Waals surface area contributed by atoms with Gasteiger partial charge in [-0.25, -0.2) is 14.2 Å². The normalized spacial score (nSPS) is 10.7. The molecule has 0 bridgehead atoms. The third kappa shape index (κ3) is 8.48. The number of nitrogens with one attached hydrogen (secondary N) is 3. The summed E-state index contributed by atoms with van der Waals surface area (Å²) in [5.41, 5.74) is 13.3. The smallest absolute Gasteiger partial charge is 0.438 e. The highest BCUT2D eigenvalue weighted by Gasteiger charge is 2.19. The number of carbonyl (C=O) groups excluding carboxylic acids is 3. The Morgan fingerprint density at radius 1 is 1.06 bits per heavy atom. The Labute approximate surface area is 268 Å². The van der Waals surface area contributed by atoms with Gasteiger partial charge >= 0.3 is 6.09 Å². The number of hydrogen-bond acceptors (Lipinski definition) is 10. The molecule has 47 heavy (non-hydrogen) atoms. The number of nitrogens with two attached hydrogens (primary N) is 2. The van der Waals surface area contributed by atoms with Crippen LogP contribution in [-0.4, -0.2) is 45.3 Å².